The minimum atomic E-state index is -0.279. The summed E-state index contributed by atoms with van der Waals surface area (Å²) in [6, 6.07) is 13.6. The third kappa shape index (κ3) is 3.42. The molecule has 0 saturated carbocycles. The molecule has 6 nitrogen and oxygen atoms in total. The number of carbonyl (C=O) groups is 2. The van der Waals surface area contributed by atoms with Crippen LogP contribution in [0.4, 0.5) is 5.69 Å². The normalized spacial score (nSPS) is 19.1. The van der Waals surface area contributed by atoms with E-state index in [0.717, 1.165) is 16.8 Å². The number of rotatable bonds is 3. The first-order valence-electron chi connectivity index (χ1n) is 9.51. The van der Waals surface area contributed by atoms with Gasteiger partial charge in [-0.2, -0.15) is 0 Å². The van der Waals surface area contributed by atoms with Crippen molar-refractivity contribution < 1.29 is 19.1 Å². The number of para-hydroxylation sites is 1. The van der Waals surface area contributed by atoms with E-state index in [0.29, 0.717) is 37.6 Å². The predicted octanol–water partition coefficient (Wildman–Crippen LogP) is 2.43. The zero-order chi connectivity index (χ0) is 19.7. The zero-order valence-corrected chi connectivity index (χ0v) is 16.2. The third-order valence-corrected chi connectivity index (χ3v) is 5.40. The fourth-order valence-electron chi connectivity index (χ4n) is 3.83. The molecule has 0 N–H and O–H groups in total. The highest BCUT2D eigenvalue weighted by atomic mass is 16.5. The van der Waals surface area contributed by atoms with Crippen molar-refractivity contribution in [1.82, 2.24) is 4.90 Å². The summed E-state index contributed by atoms with van der Waals surface area (Å²) in [6.45, 7) is 3.46. The lowest BCUT2D eigenvalue weighted by atomic mass is 9.95. The molecule has 2 aromatic rings. The van der Waals surface area contributed by atoms with E-state index in [9.17, 15) is 9.59 Å². The standard InChI is InChI=1S/C22H24N2O4/c1-15-6-8-18(9-7-15)24-11-10-23(13-20(24)25)22(26)17-12-16-4-3-5-19(27-2)21(16)28-14-17/h3-9,17H,10-14H2,1-2H3/t17-/m0/s1. The zero-order valence-electron chi connectivity index (χ0n) is 16.2. The Morgan fingerprint density at radius 1 is 1.14 bits per heavy atom. The molecule has 0 spiro atoms. The van der Waals surface area contributed by atoms with Crippen LogP contribution in [0.1, 0.15) is 11.1 Å². The number of hydrogen-bond donors (Lipinski definition) is 0. The number of aryl methyl sites for hydroxylation is 1. The molecule has 0 aromatic heterocycles. The Bertz CT molecular complexity index is 894. The van der Waals surface area contributed by atoms with Crippen LogP contribution < -0.4 is 14.4 Å². The molecule has 1 atom stereocenters. The molecule has 1 saturated heterocycles. The number of benzene rings is 2. The predicted molar refractivity (Wildman–Crippen MR) is 106 cm³/mol. The summed E-state index contributed by atoms with van der Waals surface area (Å²) in [5.74, 6) is 1.05. The Hall–Kier alpha value is -3.02. The van der Waals surface area contributed by atoms with Gasteiger partial charge in [0.2, 0.25) is 11.8 Å². The monoisotopic (exact) mass is 380 g/mol. The molecule has 0 aliphatic carbocycles. The van der Waals surface area contributed by atoms with Crippen LogP contribution in [0.15, 0.2) is 42.5 Å². The van der Waals surface area contributed by atoms with Crippen molar-refractivity contribution in [1.29, 1.82) is 0 Å². The molecule has 2 aliphatic rings. The first kappa shape index (κ1) is 18.3. The van der Waals surface area contributed by atoms with Gasteiger partial charge in [0, 0.05) is 18.8 Å². The number of fused-ring (bicyclic) bond motifs is 1. The molecule has 1 fully saturated rings. The van der Waals surface area contributed by atoms with Gasteiger partial charge in [0.05, 0.1) is 13.0 Å². The maximum absolute atomic E-state index is 13.0. The topological polar surface area (TPSA) is 59.1 Å². The molecular weight excluding hydrogens is 356 g/mol. The lowest BCUT2D eigenvalue weighted by molar-refractivity contribution is -0.141. The van der Waals surface area contributed by atoms with Crippen molar-refractivity contribution in [3.8, 4) is 11.5 Å². The van der Waals surface area contributed by atoms with Crippen LogP contribution in [0.3, 0.4) is 0 Å². The van der Waals surface area contributed by atoms with Gasteiger partial charge < -0.3 is 19.3 Å². The summed E-state index contributed by atoms with van der Waals surface area (Å²) in [5, 5.41) is 0. The summed E-state index contributed by atoms with van der Waals surface area (Å²) in [6.07, 6.45) is 0.595. The van der Waals surface area contributed by atoms with Crippen molar-refractivity contribution in [2.45, 2.75) is 13.3 Å². The van der Waals surface area contributed by atoms with Crippen molar-refractivity contribution in [3.05, 3.63) is 53.6 Å². The average Bonchev–Trinajstić information content (AvgIpc) is 2.73. The highest BCUT2D eigenvalue weighted by Gasteiger charge is 2.34. The van der Waals surface area contributed by atoms with E-state index in [1.807, 2.05) is 49.4 Å². The number of hydrogen-bond acceptors (Lipinski definition) is 4. The SMILES string of the molecule is COc1cccc2c1OC[C@@H](C(=O)N1CCN(c3ccc(C)cc3)C(=O)C1)C2. The van der Waals surface area contributed by atoms with E-state index < -0.39 is 0 Å². The second-order valence-corrected chi connectivity index (χ2v) is 7.30. The number of methoxy groups -OCH3 is 1. The highest BCUT2D eigenvalue weighted by Crippen LogP contribution is 2.36. The third-order valence-electron chi connectivity index (χ3n) is 5.40. The first-order chi connectivity index (χ1) is 13.6. The molecule has 2 amide bonds. The molecule has 146 valence electrons. The van der Waals surface area contributed by atoms with Gasteiger partial charge in [-0.3, -0.25) is 9.59 Å². The number of anilines is 1. The Kier molecular flexibility index (Phi) is 4.94. The van der Waals surface area contributed by atoms with E-state index in [1.165, 1.54) is 0 Å². The number of piperazine rings is 1. The van der Waals surface area contributed by atoms with E-state index in [4.69, 9.17) is 9.47 Å². The van der Waals surface area contributed by atoms with Gasteiger partial charge in [0.25, 0.3) is 0 Å². The largest absolute Gasteiger partial charge is 0.493 e. The second-order valence-electron chi connectivity index (χ2n) is 7.30. The van der Waals surface area contributed by atoms with E-state index in [-0.39, 0.29) is 24.3 Å². The molecule has 4 rings (SSSR count). The molecule has 6 heteroatoms. The average molecular weight is 380 g/mol. The second kappa shape index (κ2) is 7.54. The van der Waals surface area contributed by atoms with Gasteiger partial charge in [-0.25, -0.2) is 0 Å². The Balaban J connectivity index is 1.42. The molecule has 2 aromatic carbocycles. The van der Waals surface area contributed by atoms with Crippen molar-refractivity contribution in [2.75, 3.05) is 38.3 Å². The number of carbonyl (C=O) groups excluding carboxylic acids is 2. The quantitative estimate of drug-likeness (QED) is 0.821. The van der Waals surface area contributed by atoms with Crippen LogP contribution in [-0.2, 0) is 16.0 Å². The summed E-state index contributed by atoms with van der Waals surface area (Å²) in [5.41, 5.74) is 3.00. The van der Waals surface area contributed by atoms with Crippen molar-refractivity contribution in [3.63, 3.8) is 0 Å². The molecule has 28 heavy (non-hydrogen) atoms. The molecular formula is C22H24N2O4. The summed E-state index contributed by atoms with van der Waals surface area (Å²) >= 11 is 0. The minimum absolute atomic E-state index is 0.0228. The Morgan fingerprint density at radius 2 is 1.93 bits per heavy atom. The fraction of sp³-hybridized carbons (Fsp3) is 0.364. The van der Waals surface area contributed by atoms with Crippen LogP contribution >= 0.6 is 0 Å². The van der Waals surface area contributed by atoms with Gasteiger partial charge in [0.15, 0.2) is 11.5 Å². The van der Waals surface area contributed by atoms with E-state index >= 15 is 0 Å². The summed E-state index contributed by atoms with van der Waals surface area (Å²) < 4.78 is 11.2. The molecule has 2 aliphatic heterocycles. The maximum atomic E-state index is 13.0. The van der Waals surface area contributed by atoms with E-state index in [2.05, 4.69) is 0 Å². The van der Waals surface area contributed by atoms with E-state index in [1.54, 1.807) is 16.9 Å². The van der Waals surface area contributed by atoms with Crippen LogP contribution in [-0.4, -0.2) is 50.1 Å². The van der Waals surface area contributed by atoms with Crippen LogP contribution in [0.5, 0.6) is 11.5 Å². The number of nitrogens with zero attached hydrogens (tertiary/aromatic N) is 2. The van der Waals surface area contributed by atoms with Gasteiger partial charge in [-0.05, 0) is 37.1 Å². The number of amides is 2. The van der Waals surface area contributed by atoms with Gasteiger partial charge >= 0.3 is 0 Å². The summed E-state index contributed by atoms with van der Waals surface area (Å²) in [7, 11) is 1.61. The lowest BCUT2D eigenvalue weighted by Crippen LogP contribution is -2.54. The van der Waals surface area contributed by atoms with Crippen LogP contribution in [0.2, 0.25) is 0 Å². The van der Waals surface area contributed by atoms with Crippen molar-refractivity contribution >= 4 is 17.5 Å². The molecule has 0 bridgehead atoms. The van der Waals surface area contributed by atoms with Crippen LogP contribution in [0, 0.1) is 12.8 Å². The van der Waals surface area contributed by atoms with Gasteiger partial charge in [-0.15, -0.1) is 0 Å². The summed E-state index contributed by atoms with van der Waals surface area (Å²) in [4.78, 5) is 29.0. The molecule has 0 radical (unpaired) electrons. The Labute approximate surface area is 164 Å². The van der Waals surface area contributed by atoms with Gasteiger partial charge in [0.1, 0.15) is 13.2 Å². The van der Waals surface area contributed by atoms with Crippen LogP contribution in [0.25, 0.3) is 0 Å². The highest BCUT2D eigenvalue weighted by molar-refractivity contribution is 5.98. The Morgan fingerprint density at radius 3 is 2.64 bits per heavy atom. The van der Waals surface area contributed by atoms with Crippen molar-refractivity contribution in [2.24, 2.45) is 5.92 Å². The number of ether oxygens (including phenoxy) is 2. The molecule has 0 unspecified atom stereocenters. The van der Waals surface area contributed by atoms with Gasteiger partial charge in [-0.1, -0.05) is 29.8 Å². The molecule has 2 heterocycles. The minimum Gasteiger partial charge on any atom is -0.493 e. The fourth-order valence-corrected chi connectivity index (χ4v) is 3.83. The smallest absolute Gasteiger partial charge is 0.246 e. The lowest BCUT2D eigenvalue weighted by Gasteiger charge is -2.37. The first-order valence-corrected chi connectivity index (χ1v) is 9.51. The maximum Gasteiger partial charge on any atom is 0.246 e.